The maximum atomic E-state index is 14.3. The number of fused-ring (bicyclic) bond motifs is 1. The van der Waals surface area contributed by atoms with Crippen molar-refractivity contribution in [3.63, 3.8) is 0 Å². The normalized spacial score (nSPS) is 25.9. The fraction of sp³-hybridized carbons (Fsp3) is 0.739. The van der Waals surface area contributed by atoms with Crippen molar-refractivity contribution in [2.75, 3.05) is 13.6 Å². The Kier molecular flexibility index (Phi) is 6.20. The van der Waals surface area contributed by atoms with Crippen LogP contribution in [0.1, 0.15) is 82.8 Å². The highest BCUT2D eigenvalue weighted by Crippen LogP contribution is 2.53. The van der Waals surface area contributed by atoms with Gasteiger partial charge in [-0.15, -0.1) is 0 Å². The van der Waals surface area contributed by atoms with Crippen LogP contribution in [0.15, 0.2) is 18.2 Å². The Morgan fingerprint density at radius 1 is 1.16 bits per heavy atom. The maximum Gasteiger partial charge on any atom is 0.123 e. The van der Waals surface area contributed by atoms with Crippen LogP contribution in [0.25, 0.3) is 0 Å². The molecule has 1 aliphatic carbocycles. The number of hydrogen-bond donors (Lipinski definition) is 0. The van der Waals surface area contributed by atoms with Gasteiger partial charge in [0.15, 0.2) is 0 Å². The van der Waals surface area contributed by atoms with Crippen LogP contribution in [-0.2, 0) is 12.0 Å². The minimum absolute atomic E-state index is 0.0450. The molecule has 0 bridgehead atoms. The second-order valence-corrected chi connectivity index (χ2v) is 8.62. The van der Waals surface area contributed by atoms with Crippen LogP contribution >= 0.6 is 0 Å². The lowest BCUT2D eigenvalue weighted by Crippen LogP contribution is -2.53. The summed E-state index contributed by atoms with van der Waals surface area (Å²) in [6.07, 6.45) is 11.7. The minimum Gasteiger partial charge on any atom is -0.301 e. The van der Waals surface area contributed by atoms with E-state index >= 15 is 0 Å². The van der Waals surface area contributed by atoms with Crippen molar-refractivity contribution in [2.45, 2.75) is 83.6 Å². The maximum absolute atomic E-state index is 14.3. The Hall–Kier alpha value is -0.890. The summed E-state index contributed by atoms with van der Waals surface area (Å²) in [4.78, 5) is 2.51. The predicted octanol–water partition coefficient (Wildman–Crippen LogP) is 6.31. The molecule has 0 radical (unpaired) electrons. The van der Waals surface area contributed by atoms with E-state index in [0.29, 0.717) is 5.92 Å². The second-order valence-electron chi connectivity index (χ2n) is 8.62. The van der Waals surface area contributed by atoms with Crippen molar-refractivity contribution in [2.24, 2.45) is 11.8 Å². The molecule has 1 saturated carbocycles. The number of likely N-dealkylation sites (N-methyl/N-ethyl adjacent to an activating group) is 1. The van der Waals surface area contributed by atoms with Gasteiger partial charge in [0, 0.05) is 18.5 Å². The van der Waals surface area contributed by atoms with E-state index in [1.807, 2.05) is 6.07 Å². The van der Waals surface area contributed by atoms with E-state index in [1.165, 1.54) is 68.9 Å². The minimum atomic E-state index is -0.0450. The number of benzene rings is 1. The van der Waals surface area contributed by atoms with E-state index in [9.17, 15) is 4.39 Å². The van der Waals surface area contributed by atoms with Crippen LogP contribution in [0.3, 0.4) is 0 Å². The topological polar surface area (TPSA) is 3.24 Å². The molecule has 0 amide bonds. The zero-order valence-corrected chi connectivity index (χ0v) is 16.5. The summed E-state index contributed by atoms with van der Waals surface area (Å²) >= 11 is 0. The summed E-state index contributed by atoms with van der Waals surface area (Å²) in [5.74, 6) is 1.37. The lowest BCUT2D eigenvalue weighted by molar-refractivity contribution is 0.0782. The molecule has 3 rings (SSSR count). The highest BCUT2D eigenvalue weighted by Gasteiger charge is 2.50. The third-order valence-corrected chi connectivity index (χ3v) is 6.90. The third kappa shape index (κ3) is 3.65. The van der Waals surface area contributed by atoms with Crippen molar-refractivity contribution in [3.05, 3.63) is 35.1 Å². The molecule has 0 saturated heterocycles. The lowest BCUT2D eigenvalue weighted by Gasteiger charge is -2.52. The molecular weight excluding hydrogens is 309 g/mol. The molecule has 2 atom stereocenters. The van der Waals surface area contributed by atoms with Gasteiger partial charge in [-0.25, -0.2) is 4.39 Å². The van der Waals surface area contributed by atoms with Crippen LogP contribution < -0.4 is 0 Å². The highest BCUT2D eigenvalue weighted by molar-refractivity contribution is 5.39. The van der Waals surface area contributed by atoms with Crippen molar-refractivity contribution >= 4 is 0 Å². The fourth-order valence-corrected chi connectivity index (χ4v) is 5.93. The first-order valence-corrected chi connectivity index (χ1v) is 10.6. The van der Waals surface area contributed by atoms with Crippen LogP contribution in [0.2, 0.25) is 0 Å². The number of rotatable bonds is 7. The van der Waals surface area contributed by atoms with E-state index in [1.54, 1.807) is 6.07 Å². The summed E-state index contributed by atoms with van der Waals surface area (Å²) < 4.78 is 14.3. The first kappa shape index (κ1) is 18.9. The molecule has 1 aromatic carbocycles. The van der Waals surface area contributed by atoms with Gasteiger partial charge in [-0.1, -0.05) is 52.0 Å². The molecule has 1 aromatic rings. The number of nitrogens with zero attached hydrogens (tertiary/aromatic N) is 1. The molecule has 0 N–H and O–H groups in total. The second kappa shape index (κ2) is 8.20. The standard InChI is InChI=1S/C23H36FN/c1-4-6-10-19(9-5-2)23(20-11-7-8-12-20)17-25(3)16-18-13-14-21(24)15-22(18)23/h13-15,19-20H,4-12,16-17H2,1-3H3. The number of unbranched alkanes of at least 4 members (excludes halogenated alkanes) is 1. The average Bonchev–Trinajstić information content (AvgIpc) is 3.13. The van der Waals surface area contributed by atoms with Gasteiger partial charge in [0.25, 0.3) is 0 Å². The van der Waals surface area contributed by atoms with Crippen LogP contribution in [0.4, 0.5) is 4.39 Å². The molecule has 2 unspecified atom stereocenters. The highest BCUT2D eigenvalue weighted by atomic mass is 19.1. The number of hydrogen-bond acceptors (Lipinski definition) is 1. The van der Waals surface area contributed by atoms with E-state index in [0.717, 1.165) is 19.0 Å². The first-order chi connectivity index (χ1) is 12.1. The molecular formula is C23H36FN. The van der Waals surface area contributed by atoms with Gasteiger partial charge in [-0.05, 0) is 67.8 Å². The van der Waals surface area contributed by atoms with Crippen molar-refractivity contribution in [3.8, 4) is 0 Å². The van der Waals surface area contributed by atoms with E-state index < -0.39 is 0 Å². The van der Waals surface area contributed by atoms with Gasteiger partial charge in [0.1, 0.15) is 5.82 Å². The fourth-order valence-electron chi connectivity index (χ4n) is 5.93. The Labute approximate surface area is 154 Å². The Bertz CT molecular complexity index is 563. The summed E-state index contributed by atoms with van der Waals surface area (Å²) in [6.45, 7) is 6.70. The van der Waals surface area contributed by atoms with E-state index in [-0.39, 0.29) is 11.2 Å². The molecule has 140 valence electrons. The molecule has 1 aliphatic heterocycles. The summed E-state index contributed by atoms with van der Waals surface area (Å²) in [7, 11) is 2.26. The zero-order chi connectivity index (χ0) is 17.9. The van der Waals surface area contributed by atoms with Crippen molar-refractivity contribution in [1.82, 2.24) is 4.90 Å². The molecule has 0 spiro atoms. The summed E-state index contributed by atoms with van der Waals surface area (Å²) in [5.41, 5.74) is 2.90. The van der Waals surface area contributed by atoms with Gasteiger partial charge < -0.3 is 4.90 Å². The van der Waals surface area contributed by atoms with Crippen LogP contribution in [-0.4, -0.2) is 18.5 Å². The Morgan fingerprint density at radius 2 is 1.92 bits per heavy atom. The van der Waals surface area contributed by atoms with Crippen molar-refractivity contribution < 1.29 is 4.39 Å². The molecule has 1 fully saturated rings. The zero-order valence-electron chi connectivity index (χ0n) is 16.5. The van der Waals surface area contributed by atoms with Gasteiger partial charge in [-0.2, -0.15) is 0 Å². The van der Waals surface area contributed by atoms with E-state index in [2.05, 4.69) is 31.9 Å². The average molecular weight is 346 g/mol. The summed E-state index contributed by atoms with van der Waals surface area (Å²) in [6, 6.07) is 5.64. The van der Waals surface area contributed by atoms with Gasteiger partial charge in [0.05, 0.1) is 0 Å². The quantitative estimate of drug-likeness (QED) is 0.560. The SMILES string of the molecule is CCCCC(CCC)C1(C2CCCC2)CN(C)Cc2ccc(F)cc21. The van der Waals surface area contributed by atoms with E-state index in [4.69, 9.17) is 0 Å². The van der Waals surface area contributed by atoms with Gasteiger partial charge >= 0.3 is 0 Å². The molecule has 0 aromatic heterocycles. The molecule has 1 heterocycles. The predicted molar refractivity (Wildman–Crippen MR) is 104 cm³/mol. The number of halogens is 1. The summed E-state index contributed by atoms with van der Waals surface area (Å²) in [5, 5.41) is 0. The largest absolute Gasteiger partial charge is 0.301 e. The van der Waals surface area contributed by atoms with Crippen molar-refractivity contribution in [1.29, 1.82) is 0 Å². The Morgan fingerprint density at radius 3 is 2.60 bits per heavy atom. The third-order valence-electron chi connectivity index (χ3n) is 6.90. The molecule has 25 heavy (non-hydrogen) atoms. The molecule has 2 heteroatoms. The molecule has 2 aliphatic rings. The Balaban J connectivity index is 2.12. The van der Waals surface area contributed by atoms with Gasteiger partial charge in [0.2, 0.25) is 0 Å². The van der Waals surface area contributed by atoms with Gasteiger partial charge in [-0.3, -0.25) is 0 Å². The lowest BCUT2D eigenvalue weighted by atomic mass is 9.57. The van der Waals surface area contributed by atoms with Crippen LogP contribution in [0, 0.1) is 17.7 Å². The first-order valence-electron chi connectivity index (χ1n) is 10.6. The monoisotopic (exact) mass is 345 g/mol. The van der Waals surface area contributed by atoms with Crippen LogP contribution in [0.5, 0.6) is 0 Å². The molecule has 1 nitrogen and oxygen atoms in total. The smallest absolute Gasteiger partial charge is 0.123 e.